The number of carbonyl (C=O) groups is 2. The molecule has 0 saturated carbocycles. The molecule has 1 fully saturated rings. The number of likely N-dealkylation sites (tertiary alicyclic amines) is 1. The molecule has 1 amide bonds. The molecular weight excluding hydrogens is 495 g/mol. The maximum absolute atomic E-state index is 12.4. The van der Waals surface area contributed by atoms with Crippen molar-refractivity contribution in [2.75, 3.05) is 26.3 Å². The van der Waals surface area contributed by atoms with Crippen LogP contribution in [-0.4, -0.2) is 59.0 Å². The molecule has 0 unspecified atom stereocenters. The normalized spacial score (nSPS) is 18.2. The van der Waals surface area contributed by atoms with Crippen LogP contribution in [0.4, 0.5) is 4.79 Å². The molecule has 0 spiro atoms. The summed E-state index contributed by atoms with van der Waals surface area (Å²) < 4.78 is 16.7. The largest absolute Gasteiger partial charge is 0.487 e. The molecule has 3 rings (SSSR count). The van der Waals surface area contributed by atoms with Crippen molar-refractivity contribution >= 4 is 35.3 Å². The van der Waals surface area contributed by atoms with Crippen LogP contribution < -0.4 is 9.47 Å². The number of aryl methyl sites for hydroxylation is 1. The zero-order valence-electron chi connectivity index (χ0n) is 20.2. The van der Waals surface area contributed by atoms with Crippen LogP contribution >= 0.6 is 23.2 Å². The number of amides is 1. The second-order valence-electron chi connectivity index (χ2n) is 9.45. The Kier molecular flexibility index (Phi) is 8.72. The van der Waals surface area contributed by atoms with E-state index in [-0.39, 0.29) is 25.7 Å². The minimum atomic E-state index is -0.964. The predicted molar refractivity (Wildman–Crippen MR) is 133 cm³/mol. The summed E-state index contributed by atoms with van der Waals surface area (Å²) in [5.74, 6) is -1.21. The standard InChI is InChI=1S/C25H30Cl2N2O6/c1-15-11-19(26)22(20(27)12-15)34-10-9-33-21-6-5-16(13-28-21)17-7-8-29(14-18(17)23(30)31)24(32)35-25(2,3)4/h5-6,11-13,17-18H,7-10,14H2,1-4H3,(H,30,31)/t17-,18+/m1/s1. The van der Waals surface area contributed by atoms with Crippen molar-refractivity contribution in [1.29, 1.82) is 0 Å². The first-order valence-corrected chi connectivity index (χ1v) is 12.1. The summed E-state index contributed by atoms with van der Waals surface area (Å²) in [4.78, 5) is 30.1. The number of nitrogens with zero attached hydrogens (tertiary/aromatic N) is 2. The van der Waals surface area contributed by atoms with E-state index in [0.717, 1.165) is 11.1 Å². The molecular formula is C25H30Cl2N2O6. The Morgan fingerprint density at radius 1 is 1.14 bits per heavy atom. The number of carboxylic acid groups (broad SMARTS) is 1. The topological polar surface area (TPSA) is 98.2 Å². The van der Waals surface area contributed by atoms with Crippen LogP contribution in [-0.2, 0) is 9.53 Å². The first-order valence-electron chi connectivity index (χ1n) is 11.3. The molecule has 0 aliphatic carbocycles. The van der Waals surface area contributed by atoms with Crippen LogP contribution in [0.25, 0.3) is 0 Å². The smallest absolute Gasteiger partial charge is 0.410 e. The third-order valence-corrected chi connectivity index (χ3v) is 6.05. The molecule has 10 heteroatoms. The highest BCUT2D eigenvalue weighted by Crippen LogP contribution is 2.35. The summed E-state index contributed by atoms with van der Waals surface area (Å²) in [7, 11) is 0. The van der Waals surface area contributed by atoms with Gasteiger partial charge in [-0.3, -0.25) is 4.79 Å². The lowest BCUT2D eigenvalue weighted by atomic mass is 9.81. The fourth-order valence-corrected chi connectivity index (χ4v) is 4.61. The first-order chi connectivity index (χ1) is 16.4. The molecule has 0 radical (unpaired) electrons. The van der Waals surface area contributed by atoms with E-state index in [1.807, 2.05) is 6.92 Å². The highest BCUT2D eigenvalue weighted by Gasteiger charge is 2.38. The lowest BCUT2D eigenvalue weighted by Crippen LogP contribution is -2.47. The molecule has 2 aromatic rings. The number of ether oxygens (including phenoxy) is 3. The maximum Gasteiger partial charge on any atom is 0.410 e. The van der Waals surface area contributed by atoms with Gasteiger partial charge in [-0.2, -0.15) is 0 Å². The molecule has 1 aromatic carbocycles. The van der Waals surface area contributed by atoms with Crippen LogP contribution in [0.5, 0.6) is 11.6 Å². The van der Waals surface area contributed by atoms with Crippen molar-refractivity contribution in [2.24, 2.45) is 5.92 Å². The molecule has 35 heavy (non-hydrogen) atoms. The zero-order chi connectivity index (χ0) is 25.8. The lowest BCUT2D eigenvalue weighted by Gasteiger charge is -2.37. The Morgan fingerprint density at radius 3 is 2.37 bits per heavy atom. The molecule has 1 N–H and O–H groups in total. The first kappa shape index (κ1) is 26.9. The van der Waals surface area contributed by atoms with Gasteiger partial charge in [0.15, 0.2) is 5.75 Å². The Labute approximate surface area is 215 Å². The van der Waals surface area contributed by atoms with Crippen molar-refractivity contribution in [1.82, 2.24) is 9.88 Å². The summed E-state index contributed by atoms with van der Waals surface area (Å²) in [6.45, 7) is 8.15. The predicted octanol–water partition coefficient (Wildman–Crippen LogP) is 5.58. The van der Waals surface area contributed by atoms with Gasteiger partial charge in [-0.1, -0.05) is 29.3 Å². The summed E-state index contributed by atoms with van der Waals surface area (Å²) in [5, 5.41) is 10.7. The van der Waals surface area contributed by atoms with Crippen LogP contribution in [0.3, 0.4) is 0 Å². The van der Waals surface area contributed by atoms with Gasteiger partial charge in [0, 0.05) is 31.3 Å². The Hall–Kier alpha value is -2.71. The van der Waals surface area contributed by atoms with Crippen LogP contribution in [0.2, 0.25) is 10.0 Å². The number of halogens is 2. The van der Waals surface area contributed by atoms with Crippen molar-refractivity contribution in [3.63, 3.8) is 0 Å². The minimum Gasteiger partial charge on any atom is -0.487 e. The quantitative estimate of drug-likeness (QED) is 0.472. The van der Waals surface area contributed by atoms with E-state index in [1.54, 1.807) is 51.2 Å². The average Bonchev–Trinajstić information content (AvgIpc) is 2.76. The van der Waals surface area contributed by atoms with E-state index in [9.17, 15) is 14.7 Å². The van der Waals surface area contributed by atoms with E-state index in [1.165, 1.54) is 4.90 Å². The molecule has 8 nitrogen and oxygen atoms in total. The summed E-state index contributed by atoms with van der Waals surface area (Å²) in [6.07, 6.45) is 1.61. The highest BCUT2D eigenvalue weighted by atomic mass is 35.5. The third kappa shape index (κ3) is 7.39. The summed E-state index contributed by atoms with van der Waals surface area (Å²) in [6, 6.07) is 7.04. The number of hydrogen-bond acceptors (Lipinski definition) is 6. The molecule has 1 saturated heterocycles. The van der Waals surface area contributed by atoms with Gasteiger partial charge in [-0.05, 0) is 57.4 Å². The second-order valence-corrected chi connectivity index (χ2v) is 10.3. The van der Waals surface area contributed by atoms with E-state index < -0.39 is 23.6 Å². The molecule has 1 aliphatic rings. The fraction of sp³-hybridized carbons (Fsp3) is 0.480. The monoisotopic (exact) mass is 524 g/mol. The Bertz CT molecular complexity index is 1030. The van der Waals surface area contributed by atoms with Gasteiger partial charge in [-0.15, -0.1) is 0 Å². The number of rotatable bonds is 7. The average molecular weight is 525 g/mol. The number of piperidine rings is 1. The molecule has 2 atom stereocenters. The highest BCUT2D eigenvalue weighted by molar-refractivity contribution is 6.37. The number of benzene rings is 1. The van der Waals surface area contributed by atoms with Crippen molar-refractivity contribution in [3.05, 3.63) is 51.6 Å². The van der Waals surface area contributed by atoms with Gasteiger partial charge >= 0.3 is 12.1 Å². The van der Waals surface area contributed by atoms with Crippen molar-refractivity contribution < 1.29 is 28.9 Å². The van der Waals surface area contributed by atoms with Crippen molar-refractivity contribution in [2.45, 2.75) is 45.6 Å². The van der Waals surface area contributed by atoms with Gasteiger partial charge in [0.2, 0.25) is 5.88 Å². The number of aromatic nitrogens is 1. The Balaban J connectivity index is 1.56. The van der Waals surface area contributed by atoms with Crippen LogP contribution in [0.15, 0.2) is 30.5 Å². The molecule has 2 heterocycles. The van der Waals surface area contributed by atoms with Gasteiger partial charge < -0.3 is 24.2 Å². The van der Waals surface area contributed by atoms with E-state index in [4.69, 9.17) is 37.4 Å². The van der Waals surface area contributed by atoms with E-state index >= 15 is 0 Å². The molecule has 0 bridgehead atoms. The number of hydrogen-bond donors (Lipinski definition) is 1. The van der Waals surface area contributed by atoms with Gasteiger partial charge in [-0.25, -0.2) is 9.78 Å². The zero-order valence-corrected chi connectivity index (χ0v) is 21.7. The summed E-state index contributed by atoms with van der Waals surface area (Å²) >= 11 is 12.4. The molecule has 1 aliphatic heterocycles. The van der Waals surface area contributed by atoms with E-state index in [2.05, 4.69) is 4.98 Å². The van der Waals surface area contributed by atoms with Crippen LogP contribution in [0, 0.1) is 12.8 Å². The van der Waals surface area contributed by atoms with Gasteiger partial charge in [0.25, 0.3) is 0 Å². The number of carbonyl (C=O) groups excluding carboxylic acids is 1. The fourth-order valence-electron chi connectivity index (χ4n) is 3.90. The second kappa shape index (κ2) is 11.4. The third-order valence-electron chi connectivity index (χ3n) is 5.49. The summed E-state index contributed by atoms with van der Waals surface area (Å²) in [5.41, 5.74) is 1.08. The van der Waals surface area contributed by atoms with Crippen molar-refractivity contribution in [3.8, 4) is 11.6 Å². The molecule has 190 valence electrons. The number of aliphatic carboxylic acids is 1. The van der Waals surface area contributed by atoms with Crippen LogP contribution in [0.1, 0.15) is 44.2 Å². The van der Waals surface area contributed by atoms with Gasteiger partial charge in [0.1, 0.15) is 18.8 Å². The maximum atomic E-state index is 12.4. The van der Waals surface area contributed by atoms with Gasteiger partial charge in [0.05, 0.1) is 16.0 Å². The molecule has 1 aromatic heterocycles. The minimum absolute atomic E-state index is 0.0780. The number of pyridine rings is 1. The number of carboxylic acids is 1. The lowest BCUT2D eigenvalue weighted by molar-refractivity contribution is -0.144. The SMILES string of the molecule is Cc1cc(Cl)c(OCCOc2ccc([C@H]3CCN(C(=O)OC(C)(C)C)C[C@@H]3C(=O)O)cn2)c(Cl)c1. The Morgan fingerprint density at radius 2 is 1.80 bits per heavy atom. The van der Waals surface area contributed by atoms with E-state index in [0.29, 0.717) is 34.6 Å².